The number of ether oxygens (including phenoxy) is 1. The molecule has 8 heteroatoms. The molecule has 0 bridgehead atoms. The number of carbonyl (C=O) groups excluding carboxylic acids is 2. The first-order valence-electron chi connectivity index (χ1n) is 11.5. The van der Waals surface area contributed by atoms with Crippen LogP contribution in [0.2, 0.25) is 0 Å². The van der Waals surface area contributed by atoms with Crippen molar-refractivity contribution in [1.82, 2.24) is 15.4 Å². The lowest BCUT2D eigenvalue weighted by Gasteiger charge is -2.33. The Labute approximate surface area is 197 Å². The van der Waals surface area contributed by atoms with Crippen molar-refractivity contribution >= 4 is 11.8 Å². The Hall–Kier alpha value is -3.68. The van der Waals surface area contributed by atoms with Crippen molar-refractivity contribution in [3.8, 4) is 5.75 Å². The zero-order valence-corrected chi connectivity index (χ0v) is 19.1. The quantitative estimate of drug-likeness (QED) is 0.520. The summed E-state index contributed by atoms with van der Waals surface area (Å²) < 4.78 is 23.8. The van der Waals surface area contributed by atoms with Gasteiger partial charge >= 0.3 is 0 Å². The monoisotopic (exact) mass is 465 g/mol. The van der Waals surface area contributed by atoms with Gasteiger partial charge in [-0.25, -0.2) is 4.39 Å². The van der Waals surface area contributed by atoms with Crippen molar-refractivity contribution in [2.45, 2.75) is 51.2 Å². The summed E-state index contributed by atoms with van der Waals surface area (Å²) in [6, 6.07) is 14.7. The van der Waals surface area contributed by atoms with E-state index in [1.807, 2.05) is 4.90 Å². The van der Waals surface area contributed by atoms with Gasteiger partial charge in [-0.05, 0) is 48.7 Å². The first-order valence-corrected chi connectivity index (χ1v) is 11.5. The molecule has 0 unspecified atom stereocenters. The smallest absolute Gasteiger partial charge is 0.273 e. The van der Waals surface area contributed by atoms with Gasteiger partial charge in [0.1, 0.15) is 11.6 Å². The molecule has 4 rings (SSSR count). The van der Waals surface area contributed by atoms with Crippen molar-refractivity contribution in [3.63, 3.8) is 0 Å². The van der Waals surface area contributed by atoms with Crippen LogP contribution in [0.15, 0.2) is 59.1 Å². The highest BCUT2D eigenvalue weighted by Crippen LogP contribution is 2.27. The highest BCUT2D eigenvalue weighted by Gasteiger charge is 2.28. The molecule has 0 radical (unpaired) electrons. The summed E-state index contributed by atoms with van der Waals surface area (Å²) in [5, 5.41) is 6.64. The van der Waals surface area contributed by atoms with E-state index < -0.39 is 5.91 Å². The third-order valence-electron chi connectivity index (χ3n) is 6.08. The molecule has 2 aromatic carbocycles. The van der Waals surface area contributed by atoms with Crippen molar-refractivity contribution in [1.29, 1.82) is 0 Å². The molecule has 7 nitrogen and oxygen atoms in total. The minimum absolute atomic E-state index is 0.0910. The van der Waals surface area contributed by atoms with Crippen molar-refractivity contribution < 1.29 is 23.2 Å². The minimum atomic E-state index is -0.400. The highest BCUT2D eigenvalue weighted by atomic mass is 19.1. The fraction of sp³-hybridized carbons (Fsp3) is 0.346. The number of halogens is 1. The normalized spacial score (nSPS) is 13.9. The van der Waals surface area contributed by atoms with Gasteiger partial charge in [0, 0.05) is 24.2 Å². The van der Waals surface area contributed by atoms with Gasteiger partial charge in [0.2, 0.25) is 0 Å². The number of nitrogens with zero attached hydrogens (tertiary/aromatic N) is 2. The topological polar surface area (TPSA) is 84.7 Å². The van der Waals surface area contributed by atoms with E-state index in [2.05, 4.69) is 10.5 Å². The maximum Gasteiger partial charge on any atom is 0.273 e. The molecule has 0 spiro atoms. The molecular formula is C26H28FN3O4. The molecule has 1 heterocycles. The number of benzene rings is 2. The van der Waals surface area contributed by atoms with Gasteiger partial charge in [-0.3, -0.25) is 9.59 Å². The van der Waals surface area contributed by atoms with E-state index >= 15 is 0 Å². The molecule has 0 saturated heterocycles. The lowest BCUT2D eigenvalue weighted by atomic mass is 9.93. The zero-order chi connectivity index (χ0) is 23.9. The van der Waals surface area contributed by atoms with Gasteiger partial charge in [0.05, 0.1) is 13.7 Å². The summed E-state index contributed by atoms with van der Waals surface area (Å²) in [6.45, 7) is 0.461. The molecule has 1 aromatic heterocycles. The van der Waals surface area contributed by atoms with Crippen LogP contribution in [0.5, 0.6) is 5.75 Å². The number of aromatic nitrogens is 1. The summed E-state index contributed by atoms with van der Waals surface area (Å²) in [5.74, 6) is 0.220. The summed E-state index contributed by atoms with van der Waals surface area (Å²) in [7, 11) is 1.57. The second-order valence-corrected chi connectivity index (χ2v) is 8.44. The fourth-order valence-electron chi connectivity index (χ4n) is 4.22. The maximum absolute atomic E-state index is 13.4. The molecule has 1 saturated carbocycles. The second-order valence-electron chi connectivity index (χ2n) is 8.44. The summed E-state index contributed by atoms with van der Waals surface area (Å²) in [4.78, 5) is 27.8. The minimum Gasteiger partial charge on any atom is -0.497 e. The molecule has 1 N–H and O–H groups in total. The average Bonchev–Trinajstić information content (AvgIpc) is 3.36. The predicted octanol–water partition coefficient (Wildman–Crippen LogP) is 4.73. The summed E-state index contributed by atoms with van der Waals surface area (Å²) in [6.07, 6.45) is 5.15. The standard InChI is InChI=1S/C26H28FN3O4/c1-33-22-9-5-6-19(14-22)26(32)30(21-7-3-2-4-8-21)17-23-15-24(29-34-23)25(31)28-16-18-10-12-20(27)13-11-18/h5-6,9-15,21H,2-4,7-8,16-17H2,1H3,(H,28,31). The molecule has 0 aliphatic heterocycles. The molecular weight excluding hydrogens is 437 g/mol. The highest BCUT2D eigenvalue weighted by molar-refractivity contribution is 5.95. The molecule has 3 aromatic rings. The number of methoxy groups -OCH3 is 1. The number of hydrogen-bond acceptors (Lipinski definition) is 5. The van der Waals surface area contributed by atoms with Crippen LogP contribution in [0, 0.1) is 5.82 Å². The van der Waals surface area contributed by atoms with Crippen molar-refractivity contribution in [2.24, 2.45) is 0 Å². The molecule has 1 fully saturated rings. The van der Waals surface area contributed by atoms with Crippen LogP contribution >= 0.6 is 0 Å². The van der Waals surface area contributed by atoms with E-state index in [1.54, 1.807) is 49.6 Å². The number of rotatable bonds is 8. The Morgan fingerprint density at radius 1 is 1.12 bits per heavy atom. The van der Waals surface area contributed by atoms with E-state index in [9.17, 15) is 14.0 Å². The number of carbonyl (C=O) groups is 2. The van der Waals surface area contributed by atoms with E-state index in [0.29, 0.717) is 17.1 Å². The van der Waals surface area contributed by atoms with Gasteiger partial charge in [-0.1, -0.05) is 42.6 Å². The zero-order valence-electron chi connectivity index (χ0n) is 19.1. The third-order valence-corrected chi connectivity index (χ3v) is 6.08. The Morgan fingerprint density at radius 2 is 1.88 bits per heavy atom. The van der Waals surface area contributed by atoms with E-state index in [-0.39, 0.29) is 36.5 Å². The number of nitrogens with one attached hydrogen (secondary N) is 1. The van der Waals surface area contributed by atoms with Crippen LogP contribution in [0.25, 0.3) is 0 Å². The molecule has 1 aliphatic rings. The van der Waals surface area contributed by atoms with E-state index in [0.717, 1.165) is 31.2 Å². The summed E-state index contributed by atoms with van der Waals surface area (Å²) in [5.41, 5.74) is 1.45. The van der Waals surface area contributed by atoms with Crippen molar-refractivity contribution in [2.75, 3.05) is 7.11 Å². The SMILES string of the molecule is COc1cccc(C(=O)N(Cc2cc(C(=O)NCc3ccc(F)cc3)no2)C2CCCCC2)c1. The van der Waals surface area contributed by atoms with Gasteiger partial charge in [-0.15, -0.1) is 0 Å². The predicted molar refractivity (Wildman–Crippen MR) is 124 cm³/mol. The lowest BCUT2D eigenvalue weighted by molar-refractivity contribution is 0.0590. The fourth-order valence-corrected chi connectivity index (χ4v) is 4.22. The van der Waals surface area contributed by atoms with Crippen LogP contribution in [0.3, 0.4) is 0 Å². The van der Waals surface area contributed by atoms with Gasteiger partial charge in [0.25, 0.3) is 11.8 Å². The average molecular weight is 466 g/mol. The van der Waals surface area contributed by atoms with Crippen LogP contribution in [0.4, 0.5) is 4.39 Å². The first-order chi connectivity index (χ1) is 16.5. The molecule has 1 aliphatic carbocycles. The van der Waals surface area contributed by atoms with Crippen LogP contribution in [-0.4, -0.2) is 35.0 Å². The Morgan fingerprint density at radius 3 is 2.62 bits per heavy atom. The summed E-state index contributed by atoms with van der Waals surface area (Å²) >= 11 is 0. The van der Waals surface area contributed by atoms with E-state index in [1.165, 1.54) is 18.6 Å². The van der Waals surface area contributed by atoms with Crippen LogP contribution in [-0.2, 0) is 13.1 Å². The van der Waals surface area contributed by atoms with Gasteiger partial charge in [-0.2, -0.15) is 0 Å². The lowest BCUT2D eigenvalue weighted by Crippen LogP contribution is -2.40. The number of amides is 2. The molecule has 178 valence electrons. The van der Waals surface area contributed by atoms with Gasteiger partial charge in [0.15, 0.2) is 11.5 Å². The van der Waals surface area contributed by atoms with Crippen LogP contribution < -0.4 is 10.1 Å². The second kappa shape index (κ2) is 11.0. The van der Waals surface area contributed by atoms with Crippen LogP contribution in [0.1, 0.15) is 64.3 Å². The van der Waals surface area contributed by atoms with E-state index in [4.69, 9.17) is 9.26 Å². The molecule has 2 amide bonds. The molecule has 0 atom stereocenters. The Bertz CT molecular complexity index is 1120. The molecule has 34 heavy (non-hydrogen) atoms. The third kappa shape index (κ3) is 5.81. The Balaban J connectivity index is 1.46. The van der Waals surface area contributed by atoms with Gasteiger partial charge < -0.3 is 19.5 Å². The largest absolute Gasteiger partial charge is 0.497 e. The first kappa shape index (κ1) is 23.5. The van der Waals surface area contributed by atoms with Crippen molar-refractivity contribution in [3.05, 3.63) is 83.0 Å². The Kier molecular flexibility index (Phi) is 7.57. The number of hydrogen-bond donors (Lipinski definition) is 1. The maximum atomic E-state index is 13.4.